The molecule has 8 nitrogen and oxygen atoms in total. The van der Waals surface area contributed by atoms with Crippen LogP contribution in [0.15, 0.2) is 53.1 Å². The third kappa shape index (κ3) is 5.70. The number of hydrogen-bond acceptors (Lipinski definition) is 7. The van der Waals surface area contributed by atoms with E-state index >= 15 is 0 Å². The lowest BCUT2D eigenvalue weighted by Gasteiger charge is -2.32. The number of likely N-dealkylation sites (tertiary alicyclic amines) is 1. The fraction of sp³-hybridized carbons (Fsp3) is 0.400. The van der Waals surface area contributed by atoms with Gasteiger partial charge in [-0.3, -0.25) is 9.69 Å². The van der Waals surface area contributed by atoms with Crippen molar-refractivity contribution >= 4 is 5.91 Å². The number of rotatable bonds is 8. The minimum Gasteiger partial charge on any atom is -0.497 e. The summed E-state index contributed by atoms with van der Waals surface area (Å²) in [6.07, 6.45) is 1.65. The molecule has 0 bridgehead atoms. The molecule has 174 valence electrons. The predicted molar refractivity (Wildman–Crippen MR) is 124 cm³/mol. The first kappa shape index (κ1) is 22.8. The van der Waals surface area contributed by atoms with Crippen LogP contribution in [-0.2, 0) is 17.9 Å². The van der Waals surface area contributed by atoms with E-state index in [2.05, 4.69) is 15.0 Å². The van der Waals surface area contributed by atoms with Crippen molar-refractivity contribution in [2.75, 3.05) is 34.4 Å². The molecule has 2 heterocycles. The molecule has 4 rings (SSSR count). The van der Waals surface area contributed by atoms with Crippen molar-refractivity contribution in [1.82, 2.24) is 19.9 Å². The summed E-state index contributed by atoms with van der Waals surface area (Å²) in [5, 5.41) is 4.10. The first-order chi connectivity index (χ1) is 16.1. The van der Waals surface area contributed by atoms with Gasteiger partial charge in [0, 0.05) is 25.1 Å². The van der Waals surface area contributed by atoms with Crippen LogP contribution in [0.5, 0.6) is 11.5 Å². The van der Waals surface area contributed by atoms with Gasteiger partial charge >= 0.3 is 0 Å². The molecule has 2 aromatic carbocycles. The van der Waals surface area contributed by atoms with Crippen LogP contribution < -0.4 is 9.47 Å². The first-order valence-electron chi connectivity index (χ1n) is 11.1. The maximum absolute atomic E-state index is 12.9. The number of piperidine rings is 1. The highest BCUT2D eigenvalue weighted by atomic mass is 16.5. The number of aromatic nitrogens is 2. The van der Waals surface area contributed by atoms with Crippen LogP contribution in [0.1, 0.15) is 24.3 Å². The number of ether oxygens (including phenoxy) is 2. The van der Waals surface area contributed by atoms with Crippen molar-refractivity contribution in [1.29, 1.82) is 0 Å². The highest BCUT2D eigenvalue weighted by Gasteiger charge is 2.28. The van der Waals surface area contributed by atoms with E-state index < -0.39 is 0 Å². The van der Waals surface area contributed by atoms with E-state index in [0.29, 0.717) is 24.8 Å². The van der Waals surface area contributed by atoms with Crippen molar-refractivity contribution in [3.05, 3.63) is 60.0 Å². The van der Waals surface area contributed by atoms with Gasteiger partial charge in [-0.15, -0.1) is 0 Å². The van der Waals surface area contributed by atoms with Crippen molar-refractivity contribution in [3.63, 3.8) is 0 Å². The van der Waals surface area contributed by atoms with E-state index in [0.717, 1.165) is 48.6 Å². The van der Waals surface area contributed by atoms with Crippen LogP contribution in [0.2, 0.25) is 0 Å². The smallest absolute Gasteiger partial charge is 0.241 e. The maximum atomic E-state index is 12.9. The minimum atomic E-state index is 0.0436. The lowest BCUT2D eigenvalue weighted by molar-refractivity contribution is -0.136. The SMILES string of the molecule is COc1ccc(CN(C)C(=O)C2CCN(Cc3nc(-c4ccc(OC)cc4)no3)CC2)cc1. The van der Waals surface area contributed by atoms with Crippen molar-refractivity contribution in [2.45, 2.75) is 25.9 Å². The second-order valence-electron chi connectivity index (χ2n) is 8.33. The summed E-state index contributed by atoms with van der Waals surface area (Å²) in [5.74, 6) is 3.00. The first-order valence-corrected chi connectivity index (χ1v) is 11.1. The Balaban J connectivity index is 1.26. The molecule has 33 heavy (non-hydrogen) atoms. The lowest BCUT2D eigenvalue weighted by atomic mass is 9.95. The Kier molecular flexibility index (Phi) is 7.24. The fourth-order valence-electron chi connectivity index (χ4n) is 4.10. The van der Waals surface area contributed by atoms with Gasteiger partial charge in [-0.05, 0) is 67.9 Å². The van der Waals surface area contributed by atoms with Crippen molar-refractivity contribution in [3.8, 4) is 22.9 Å². The quantitative estimate of drug-likeness (QED) is 0.518. The number of hydrogen-bond donors (Lipinski definition) is 0. The molecule has 3 aromatic rings. The van der Waals surface area contributed by atoms with Gasteiger partial charge in [-0.1, -0.05) is 17.3 Å². The van der Waals surface area contributed by atoms with Crippen LogP contribution in [0, 0.1) is 5.92 Å². The van der Waals surface area contributed by atoms with E-state index in [1.54, 1.807) is 14.2 Å². The Bertz CT molecular complexity index is 1040. The van der Waals surface area contributed by atoms with Gasteiger partial charge < -0.3 is 18.9 Å². The van der Waals surface area contributed by atoms with Gasteiger partial charge in [0.05, 0.1) is 20.8 Å². The normalized spacial score (nSPS) is 14.8. The second-order valence-corrected chi connectivity index (χ2v) is 8.33. The zero-order chi connectivity index (χ0) is 23.2. The predicted octanol–water partition coefficient (Wildman–Crippen LogP) is 3.62. The van der Waals surface area contributed by atoms with Gasteiger partial charge in [0.15, 0.2) is 0 Å². The number of carbonyl (C=O) groups is 1. The molecule has 0 spiro atoms. The zero-order valence-electron chi connectivity index (χ0n) is 19.4. The van der Waals surface area contributed by atoms with E-state index in [-0.39, 0.29) is 11.8 Å². The van der Waals surface area contributed by atoms with E-state index in [1.807, 2.05) is 60.5 Å². The van der Waals surface area contributed by atoms with Crippen LogP contribution in [0.25, 0.3) is 11.4 Å². The van der Waals surface area contributed by atoms with E-state index in [1.165, 1.54) is 0 Å². The third-order valence-corrected chi connectivity index (χ3v) is 6.07. The zero-order valence-corrected chi connectivity index (χ0v) is 19.4. The number of amides is 1. The Hall–Kier alpha value is -3.39. The minimum absolute atomic E-state index is 0.0436. The highest BCUT2D eigenvalue weighted by Crippen LogP contribution is 2.23. The average Bonchev–Trinajstić information content (AvgIpc) is 3.33. The molecule has 0 aliphatic carbocycles. The number of carbonyl (C=O) groups excluding carboxylic acids is 1. The van der Waals surface area contributed by atoms with Gasteiger partial charge in [0.25, 0.3) is 0 Å². The van der Waals surface area contributed by atoms with Gasteiger partial charge in [-0.25, -0.2) is 0 Å². The third-order valence-electron chi connectivity index (χ3n) is 6.07. The molecule has 0 unspecified atom stereocenters. The fourth-order valence-corrected chi connectivity index (χ4v) is 4.10. The molecular weight excluding hydrogens is 420 g/mol. The highest BCUT2D eigenvalue weighted by molar-refractivity contribution is 5.78. The largest absolute Gasteiger partial charge is 0.497 e. The number of benzene rings is 2. The van der Waals surface area contributed by atoms with Crippen LogP contribution in [-0.4, -0.2) is 60.2 Å². The average molecular weight is 451 g/mol. The summed E-state index contributed by atoms with van der Waals surface area (Å²) in [6.45, 7) is 2.84. The van der Waals surface area contributed by atoms with Crippen molar-refractivity contribution in [2.24, 2.45) is 5.92 Å². The molecule has 1 aromatic heterocycles. The van der Waals surface area contributed by atoms with E-state index in [9.17, 15) is 4.79 Å². The molecule has 0 N–H and O–H groups in total. The Morgan fingerprint density at radius 1 is 1.03 bits per heavy atom. The summed E-state index contributed by atoms with van der Waals surface area (Å²) in [7, 11) is 5.16. The molecule has 0 radical (unpaired) electrons. The van der Waals surface area contributed by atoms with Gasteiger partial charge in [0.2, 0.25) is 17.6 Å². The van der Waals surface area contributed by atoms with Gasteiger partial charge in [-0.2, -0.15) is 4.98 Å². The lowest BCUT2D eigenvalue weighted by Crippen LogP contribution is -2.40. The van der Waals surface area contributed by atoms with Crippen LogP contribution in [0.4, 0.5) is 0 Å². The molecule has 1 aliphatic heterocycles. The number of nitrogens with zero attached hydrogens (tertiary/aromatic N) is 4. The molecule has 1 saturated heterocycles. The summed E-state index contributed by atoms with van der Waals surface area (Å²) >= 11 is 0. The Morgan fingerprint density at radius 2 is 1.64 bits per heavy atom. The van der Waals surface area contributed by atoms with Crippen LogP contribution in [0.3, 0.4) is 0 Å². The molecule has 0 saturated carbocycles. The van der Waals surface area contributed by atoms with Gasteiger partial charge in [0.1, 0.15) is 11.5 Å². The molecule has 1 amide bonds. The summed E-state index contributed by atoms with van der Waals surface area (Å²) < 4.78 is 15.8. The topological polar surface area (TPSA) is 80.9 Å². The molecule has 1 fully saturated rings. The van der Waals surface area contributed by atoms with E-state index in [4.69, 9.17) is 14.0 Å². The standard InChI is InChI=1S/C25H30N4O4/c1-28(16-18-4-8-21(31-2)9-5-18)25(30)20-12-14-29(15-13-20)17-23-26-24(27-33-23)19-6-10-22(32-3)11-7-19/h4-11,20H,12-17H2,1-3H3. The monoisotopic (exact) mass is 450 g/mol. The van der Waals surface area contributed by atoms with Crippen LogP contribution >= 0.6 is 0 Å². The van der Waals surface area contributed by atoms with Crippen molar-refractivity contribution < 1.29 is 18.8 Å². The maximum Gasteiger partial charge on any atom is 0.241 e. The summed E-state index contributed by atoms with van der Waals surface area (Å²) in [5.41, 5.74) is 1.98. The second kappa shape index (κ2) is 10.5. The summed E-state index contributed by atoms with van der Waals surface area (Å²) in [6, 6.07) is 15.4. The Labute approximate surface area is 194 Å². The number of methoxy groups -OCH3 is 2. The molecule has 8 heteroatoms. The Morgan fingerprint density at radius 3 is 2.24 bits per heavy atom. The molecule has 0 atom stereocenters. The molecular formula is C25H30N4O4. The molecule has 1 aliphatic rings. The summed E-state index contributed by atoms with van der Waals surface area (Å²) in [4.78, 5) is 21.5.